The van der Waals surface area contributed by atoms with Crippen molar-refractivity contribution in [3.05, 3.63) is 11.1 Å². The van der Waals surface area contributed by atoms with Gasteiger partial charge in [-0.1, -0.05) is 45.8 Å². The molecule has 0 spiro atoms. The van der Waals surface area contributed by atoms with Crippen LogP contribution in [0.3, 0.4) is 0 Å². The molecule has 1 heteroatoms. The summed E-state index contributed by atoms with van der Waals surface area (Å²) >= 11 is 0. The minimum absolute atomic E-state index is 0.544. The quantitative estimate of drug-likeness (QED) is 0.628. The molecule has 0 amide bonds. The molecule has 0 N–H and O–H groups in total. The van der Waals surface area contributed by atoms with E-state index in [1.807, 2.05) is 13.8 Å². The molecule has 0 radical (unpaired) electrons. The van der Waals surface area contributed by atoms with E-state index >= 15 is 0 Å². The first kappa shape index (κ1) is 17.7. The Labute approximate surface area is 116 Å². The molecule has 0 aromatic rings. The molecule has 18 heavy (non-hydrogen) atoms. The molecule has 1 unspecified atom stereocenters. The summed E-state index contributed by atoms with van der Waals surface area (Å²) in [7, 11) is 4.41. The molecule has 1 aliphatic rings. The molecule has 1 nitrogen and oxygen atoms in total. The van der Waals surface area contributed by atoms with Gasteiger partial charge >= 0.3 is 0 Å². The van der Waals surface area contributed by atoms with Gasteiger partial charge in [0.15, 0.2) is 0 Å². The van der Waals surface area contributed by atoms with Gasteiger partial charge in [0.2, 0.25) is 0 Å². The number of hydrogen-bond acceptors (Lipinski definition) is 1. The van der Waals surface area contributed by atoms with Gasteiger partial charge in [0.25, 0.3) is 0 Å². The van der Waals surface area contributed by atoms with Crippen LogP contribution in [0.4, 0.5) is 0 Å². The fourth-order valence-corrected chi connectivity index (χ4v) is 3.17. The van der Waals surface area contributed by atoms with E-state index in [9.17, 15) is 0 Å². The minimum Gasteiger partial charge on any atom is -0.309 e. The highest BCUT2D eigenvalue weighted by atomic mass is 15.1. The van der Waals surface area contributed by atoms with Crippen molar-refractivity contribution in [1.82, 2.24) is 4.90 Å². The zero-order chi connectivity index (χ0) is 14.3. The molecule has 0 saturated carbocycles. The van der Waals surface area contributed by atoms with Crippen LogP contribution < -0.4 is 0 Å². The summed E-state index contributed by atoms with van der Waals surface area (Å²) < 4.78 is 0. The predicted octanol–water partition coefficient (Wildman–Crippen LogP) is 5.13. The first-order valence-corrected chi connectivity index (χ1v) is 7.73. The molecule has 0 aromatic carbocycles. The van der Waals surface area contributed by atoms with Crippen LogP contribution in [-0.4, -0.2) is 25.5 Å². The van der Waals surface area contributed by atoms with Crippen molar-refractivity contribution in [3.63, 3.8) is 0 Å². The fourth-order valence-electron chi connectivity index (χ4n) is 3.17. The summed E-state index contributed by atoms with van der Waals surface area (Å²) in [6.07, 6.45) is 5.33. The topological polar surface area (TPSA) is 3.24 Å². The molecule has 1 rings (SSSR count). The van der Waals surface area contributed by atoms with E-state index < -0.39 is 0 Å². The minimum atomic E-state index is 0.544. The average Bonchev–Trinajstić information content (AvgIpc) is 2.33. The van der Waals surface area contributed by atoms with Gasteiger partial charge in [-0.3, -0.25) is 0 Å². The van der Waals surface area contributed by atoms with Crippen molar-refractivity contribution in [2.75, 3.05) is 20.6 Å². The van der Waals surface area contributed by atoms with Crippen LogP contribution in [0, 0.1) is 11.3 Å². The summed E-state index contributed by atoms with van der Waals surface area (Å²) in [5.41, 5.74) is 3.94. The Morgan fingerprint density at radius 1 is 1.22 bits per heavy atom. The predicted molar refractivity (Wildman–Crippen MR) is 84.0 cm³/mol. The first-order chi connectivity index (χ1) is 8.40. The normalized spacial score (nSPS) is 24.3. The summed E-state index contributed by atoms with van der Waals surface area (Å²) in [5.74, 6) is 0.730. The largest absolute Gasteiger partial charge is 0.309 e. The van der Waals surface area contributed by atoms with Crippen LogP contribution >= 0.6 is 0 Å². The molecule has 0 heterocycles. The van der Waals surface area contributed by atoms with Gasteiger partial charge in [-0.05, 0) is 58.0 Å². The molecule has 108 valence electrons. The van der Waals surface area contributed by atoms with E-state index in [2.05, 4.69) is 46.7 Å². The van der Waals surface area contributed by atoms with E-state index in [0.29, 0.717) is 5.41 Å². The van der Waals surface area contributed by atoms with Crippen LogP contribution in [0.25, 0.3) is 0 Å². The van der Waals surface area contributed by atoms with Crippen molar-refractivity contribution >= 4 is 0 Å². The van der Waals surface area contributed by atoms with Gasteiger partial charge in [0.05, 0.1) is 0 Å². The van der Waals surface area contributed by atoms with Crippen LogP contribution in [0.2, 0.25) is 0 Å². The van der Waals surface area contributed by atoms with Gasteiger partial charge < -0.3 is 4.90 Å². The molecule has 0 fully saturated rings. The Morgan fingerprint density at radius 2 is 1.78 bits per heavy atom. The maximum absolute atomic E-state index is 2.36. The average molecular weight is 253 g/mol. The highest BCUT2D eigenvalue weighted by Gasteiger charge is 2.34. The van der Waals surface area contributed by atoms with Gasteiger partial charge in [-0.15, -0.1) is 0 Å². The zero-order valence-electron chi connectivity index (χ0n) is 14.1. The molecule has 1 atom stereocenters. The lowest BCUT2D eigenvalue weighted by molar-refractivity contribution is 0.159. The van der Waals surface area contributed by atoms with Crippen molar-refractivity contribution in [1.29, 1.82) is 0 Å². The van der Waals surface area contributed by atoms with E-state index in [0.717, 1.165) is 5.92 Å². The Balaban J connectivity index is 0.00000137. The van der Waals surface area contributed by atoms with E-state index in [4.69, 9.17) is 0 Å². The van der Waals surface area contributed by atoms with Crippen molar-refractivity contribution in [3.8, 4) is 0 Å². The molecular weight excluding hydrogens is 218 g/mol. The lowest BCUT2D eigenvalue weighted by Crippen LogP contribution is -2.36. The number of rotatable bonds is 4. The number of hydrogen-bond donors (Lipinski definition) is 0. The Kier molecular flexibility index (Phi) is 7.86. The molecule has 0 aliphatic heterocycles. The highest BCUT2D eigenvalue weighted by molar-refractivity contribution is 5.20. The molecule has 0 saturated heterocycles. The van der Waals surface area contributed by atoms with Gasteiger partial charge in [0.1, 0.15) is 0 Å². The third-order valence-corrected chi connectivity index (χ3v) is 4.24. The summed E-state index contributed by atoms with van der Waals surface area (Å²) in [6, 6.07) is 0. The van der Waals surface area contributed by atoms with Crippen LogP contribution in [0.15, 0.2) is 11.1 Å². The highest BCUT2D eigenvalue weighted by Crippen LogP contribution is 2.44. The molecular formula is C17H35N. The maximum atomic E-state index is 2.36. The second-order valence-corrected chi connectivity index (χ2v) is 6.23. The van der Waals surface area contributed by atoms with Gasteiger partial charge in [-0.25, -0.2) is 0 Å². The van der Waals surface area contributed by atoms with E-state index in [-0.39, 0.29) is 0 Å². The summed E-state index contributed by atoms with van der Waals surface area (Å²) in [5, 5.41) is 0. The lowest BCUT2D eigenvalue weighted by Gasteiger charge is -2.41. The van der Waals surface area contributed by atoms with E-state index in [1.54, 1.807) is 11.1 Å². The van der Waals surface area contributed by atoms with Gasteiger partial charge in [-0.2, -0.15) is 0 Å². The number of nitrogens with zero attached hydrogens (tertiary/aromatic N) is 1. The van der Waals surface area contributed by atoms with Crippen LogP contribution in [0.5, 0.6) is 0 Å². The second-order valence-electron chi connectivity index (χ2n) is 6.23. The van der Waals surface area contributed by atoms with Crippen molar-refractivity contribution < 1.29 is 0 Å². The zero-order valence-corrected chi connectivity index (χ0v) is 14.1. The van der Waals surface area contributed by atoms with Crippen molar-refractivity contribution in [2.45, 2.75) is 67.2 Å². The Morgan fingerprint density at radius 3 is 2.17 bits per heavy atom. The Bertz CT molecular complexity index is 263. The third kappa shape index (κ3) is 4.76. The Hall–Kier alpha value is -0.300. The molecule has 0 aromatic heterocycles. The molecule has 1 aliphatic carbocycles. The number of allylic oxidation sites excluding steroid dienone is 2. The standard InChI is InChI=1S/C15H29N.C2H6/c1-7-15(11-16(5)6)9-8-13(4)14(10-15)12(2)3;1-2/h12H,7-11H2,1-6H3;1-2H3. The third-order valence-electron chi connectivity index (χ3n) is 4.24. The lowest BCUT2D eigenvalue weighted by atomic mass is 9.68. The van der Waals surface area contributed by atoms with E-state index in [1.165, 1.54) is 32.2 Å². The van der Waals surface area contributed by atoms with Gasteiger partial charge in [0, 0.05) is 6.54 Å². The van der Waals surface area contributed by atoms with Crippen LogP contribution in [-0.2, 0) is 0 Å². The monoisotopic (exact) mass is 253 g/mol. The SMILES string of the molecule is CC.CCC1(CN(C)C)CCC(C)=C(C(C)C)C1. The summed E-state index contributed by atoms with van der Waals surface area (Å²) in [4.78, 5) is 2.36. The maximum Gasteiger partial charge on any atom is 0.00350 e. The second kappa shape index (κ2) is 7.99. The smallest absolute Gasteiger partial charge is 0.00350 e. The first-order valence-electron chi connectivity index (χ1n) is 7.73. The summed E-state index contributed by atoms with van der Waals surface area (Å²) in [6.45, 7) is 14.6. The van der Waals surface area contributed by atoms with Crippen LogP contribution in [0.1, 0.15) is 67.2 Å². The molecule has 0 bridgehead atoms. The fraction of sp³-hybridized carbons (Fsp3) is 0.882. The van der Waals surface area contributed by atoms with Crippen molar-refractivity contribution in [2.24, 2.45) is 11.3 Å².